The number of rotatable bonds is 4. The van der Waals surface area contributed by atoms with Gasteiger partial charge in [-0.25, -0.2) is 14.6 Å². The Kier molecular flexibility index (Phi) is 5.18. The van der Waals surface area contributed by atoms with Crippen LogP contribution >= 0.6 is 0 Å². The molecule has 1 aliphatic heterocycles. The van der Waals surface area contributed by atoms with Gasteiger partial charge in [0.2, 0.25) is 5.91 Å². The molecule has 4 rings (SSSR count). The number of amides is 1. The van der Waals surface area contributed by atoms with Gasteiger partial charge in [0, 0.05) is 29.2 Å². The molecule has 0 unspecified atom stereocenters. The van der Waals surface area contributed by atoms with Crippen molar-refractivity contribution < 1.29 is 4.79 Å². The van der Waals surface area contributed by atoms with Gasteiger partial charge in [0.15, 0.2) is 0 Å². The van der Waals surface area contributed by atoms with Gasteiger partial charge >= 0.3 is 0 Å². The Labute approximate surface area is 171 Å². The monoisotopic (exact) mass is 389 g/mol. The second kappa shape index (κ2) is 7.78. The predicted octanol–water partition coefficient (Wildman–Crippen LogP) is 3.80. The molecule has 150 valence electrons. The number of nitrogens with zero attached hydrogens (tertiary/aromatic N) is 5. The van der Waals surface area contributed by atoms with Gasteiger partial charge in [0.1, 0.15) is 0 Å². The minimum Gasteiger partial charge on any atom is -0.335 e. The van der Waals surface area contributed by atoms with Gasteiger partial charge in [-0.1, -0.05) is 30.3 Å². The van der Waals surface area contributed by atoms with Crippen LogP contribution in [-0.2, 0) is 11.2 Å². The van der Waals surface area contributed by atoms with E-state index in [2.05, 4.69) is 27.2 Å². The number of hydrogen-bond donors (Lipinski definition) is 0. The molecule has 6 nitrogen and oxygen atoms in total. The summed E-state index contributed by atoms with van der Waals surface area (Å²) in [6, 6.07) is 12.4. The Balaban J connectivity index is 1.60. The van der Waals surface area contributed by atoms with Gasteiger partial charge in [-0.15, -0.1) is 0 Å². The largest absolute Gasteiger partial charge is 0.335 e. The van der Waals surface area contributed by atoms with Crippen LogP contribution in [0.4, 0.5) is 0 Å². The molecule has 0 radical (unpaired) electrons. The lowest BCUT2D eigenvalue weighted by atomic mass is 10.0. The topological polar surface area (TPSA) is 63.9 Å². The maximum Gasteiger partial charge on any atom is 0.251 e. The summed E-state index contributed by atoms with van der Waals surface area (Å²) in [5.41, 5.74) is 5.77. The molecule has 29 heavy (non-hydrogen) atoms. The summed E-state index contributed by atoms with van der Waals surface area (Å²) in [5, 5.41) is 4.64. The molecule has 0 spiro atoms. The molecule has 3 heterocycles. The fourth-order valence-corrected chi connectivity index (χ4v) is 4.27. The van der Waals surface area contributed by atoms with E-state index in [1.807, 2.05) is 56.9 Å². The molecule has 3 aromatic rings. The Bertz CT molecular complexity index is 1020. The number of benzene rings is 1. The first-order valence-electron chi connectivity index (χ1n) is 10.2. The predicted molar refractivity (Wildman–Crippen MR) is 112 cm³/mol. The van der Waals surface area contributed by atoms with Crippen molar-refractivity contribution >= 4 is 5.91 Å². The summed E-state index contributed by atoms with van der Waals surface area (Å²) in [6.45, 7) is 8.65. The van der Waals surface area contributed by atoms with Crippen LogP contribution in [0.3, 0.4) is 0 Å². The lowest BCUT2D eigenvalue weighted by Gasteiger charge is -2.25. The fourth-order valence-electron chi connectivity index (χ4n) is 4.27. The highest BCUT2D eigenvalue weighted by atomic mass is 16.2. The van der Waals surface area contributed by atoms with Crippen molar-refractivity contribution in [2.45, 2.75) is 53.0 Å². The smallest absolute Gasteiger partial charge is 0.251 e. The minimum atomic E-state index is 0.156. The molecule has 0 saturated carbocycles. The molecule has 1 atom stereocenters. The number of likely N-dealkylation sites (tertiary alicyclic amines) is 1. The second-order valence-corrected chi connectivity index (χ2v) is 7.84. The van der Waals surface area contributed by atoms with Gasteiger partial charge < -0.3 is 4.90 Å². The zero-order valence-electron chi connectivity index (χ0n) is 17.5. The molecule has 1 fully saturated rings. The molecule has 0 bridgehead atoms. The van der Waals surface area contributed by atoms with Crippen LogP contribution in [0.2, 0.25) is 0 Å². The number of aromatic nitrogens is 4. The zero-order chi connectivity index (χ0) is 20.5. The van der Waals surface area contributed by atoms with Gasteiger partial charge in [0.25, 0.3) is 5.95 Å². The van der Waals surface area contributed by atoms with Crippen molar-refractivity contribution in [3.8, 4) is 5.95 Å². The normalized spacial score (nSPS) is 16.4. The van der Waals surface area contributed by atoms with Crippen LogP contribution in [0.15, 0.2) is 36.4 Å². The molecular weight excluding hydrogens is 362 g/mol. The average molecular weight is 390 g/mol. The highest BCUT2D eigenvalue weighted by molar-refractivity contribution is 5.80. The SMILES string of the molecule is Cc1cc(C)nc(-n2nc(C)c(CC(=O)N3CCC[C@H]3c3ccccc3)c2C)n1. The minimum absolute atomic E-state index is 0.156. The van der Waals surface area contributed by atoms with E-state index in [-0.39, 0.29) is 11.9 Å². The third kappa shape index (κ3) is 3.79. The van der Waals surface area contributed by atoms with E-state index in [1.165, 1.54) is 5.56 Å². The van der Waals surface area contributed by atoms with Crippen LogP contribution in [0.1, 0.15) is 52.8 Å². The van der Waals surface area contributed by atoms with E-state index in [0.29, 0.717) is 12.4 Å². The van der Waals surface area contributed by atoms with Crippen molar-refractivity contribution in [1.29, 1.82) is 0 Å². The summed E-state index contributed by atoms with van der Waals surface area (Å²) < 4.78 is 1.76. The third-order valence-electron chi connectivity index (χ3n) is 5.69. The number of hydrogen-bond acceptors (Lipinski definition) is 4. The van der Waals surface area contributed by atoms with Crippen molar-refractivity contribution in [2.24, 2.45) is 0 Å². The second-order valence-electron chi connectivity index (χ2n) is 7.84. The summed E-state index contributed by atoms with van der Waals surface area (Å²) in [4.78, 5) is 24.3. The first-order valence-corrected chi connectivity index (χ1v) is 10.2. The van der Waals surface area contributed by atoms with Crippen molar-refractivity contribution in [2.75, 3.05) is 6.54 Å². The van der Waals surface area contributed by atoms with Crippen LogP contribution in [0.25, 0.3) is 5.95 Å². The molecule has 1 saturated heterocycles. The molecular formula is C23H27N5O. The Morgan fingerprint density at radius 2 is 1.76 bits per heavy atom. The number of carbonyl (C=O) groups is 1. The highest BCUT2D eigenvalue weighted by Crippen LogP contribution is 2.32. The zero-order valence-corrected chi connectivity index (χ0v) is 17.5. The molecule has 1 amide bonds. The van der Waals surface area contributed by atoms with Crippen molar-refractivity contribution in [3.05, 3.63) is 70.3 Å². The van der Waals surface area contributed by atoms with E-state index >= 15 is 0 Å². The van der Waals surface area contributed by atoms with E-state index in [0.717, 1.165) is 47.7 Å². The molecule has 6 heteroatoms. The summed E-state index contributed by atoms with van der Waals surface area (Å²) in [5.74, 6) is 0.716. The maximum atomic E-state index is 13.2. The van der Waals surface area contributed by atoms with Gasteiger partial charge in [-0.05, 0) is 52.2 Å². The van der Waals surface area contributed by atoms with Gasteiger partial charge in [-0.3, -0.25) is 4.79 Å². The third-order valence-corrected chi connectivity index (χ3v) is 5.69. The molecule has 1 aromatic carbocycles. The van der Waals surface area contributed by atoms with Crippen molar-refractivity contribution in [1.82, 2.24) is 24.6 Å². The number of aryl methyl sites for hydroxylation is 3. The Hall–Kier alpha value is -3.02. The average Bonchev–Trinajstić information content (AvgIpc) is 3.28. The Morgan fingerprint density at radius 3 is 2.45 bits per heavy atom. The van der Waals surface area contributed by atoms with Gasteiger partial charge in [-0.2, -0.15) is 5.10 Å². The molecule has 1 aliphatic rings. The molecule has 0 aliphatic carbocycles. The summed E-state index contributed by atoms with van der Waals surface area (Å²) in [7, 11) is 0. The van der Waals surface area contributed by atoms with E-state index in [1.54, 1.807) is 4.68 Å². The maximum absolute atomic E-state index is 13.2. The fraction of sp³-hybridized carbons (Fsp3) is 0.391. The quantitative estimate of drug-likeness (QED) is 0.681. The summed E-state index contributed by atoms with van der Waals surface area (Å²) in [6.07, 6.45) is 2.41. The van der Waals surface area contributed by atoms with Crippen LogP contribution < -0.4 is 0 Å². The van der Waals surface area contributed by atoms with E-state index in [9.17, 15) is 4.79 Å². The van der Waals surface area contributed by atoms with Crippen LogP contribution in [0.5, 0.6) is 0 Å². The highest BCUT2D eigenvalue weighted by Gasteiger charge is 2.30. The molecule has 2 aromatic heterocycles. The first-order chi connectivity index (χ1) is 13.9. The van der Waals surface area contributed by atoms with E-state index < -0.39 is 0 Å². The molecule has 0 N–H and O–H groups in total. The summed E-state index contributed by atoms with van der Waals surface area (Å²) >= 11 is 0. The lowest BCUT2D eigenvalue weighted by Crippen LogP contribution is -2.32. The van der Waals surface area contributed by atoms with Crippen LogP contribution in [0, 0.1) is 27.7 Å². The Morgan fingerprint density at radius 1 is 1.07 bits per heavy atom. The number of carbonyl (C=O) groups excluding carboxylic acids is 1. The first kappa shape index (κ1) is 19.3. The lowest BCUT2D eigenvalue weighted by molar-refractivity contribution is -0.131. The van der Waals surface area contributed by atoms with E-state index in [4.69, 9.17) is 0 Å². The van der Waals surface area contributed by atoms with Gasteiger partial charge in [0.05, 0.1) is 18.2 Å². The van der Waals surface area contributed by atoms with Crippen molar-refractivity contribution in [3.63, 3.8) is 0 Å². The van der Waals surface area contributed by atoms with Crippen LogP contribution in [-0.4, -0.2) is 37.1 Å². The standard InChI is InChI=1S/C23H27N5O/c1-15-13-16(2)25-23(24-15)28-18(4)20(17(3)26-28)14-22(29)27-12-8-11-21(27)19-9-6-5-7-10-19/h5-7,9-10,13,21H,8,11-12,14H2,1-4H3/t21-/m0/s1.